The van der Waals surface area contributed by atoms with Crippen molar-refractivity contribution >= 4 is 11.7 Å². The van der Waals surface area contributed by atoms with Crippen LogP contribution in [0.2, 0.25) is 0 Å². The van der Waals surface area contributed by atoms with Gasteiger partial charge in [0.2, 0.25) is 0 Å². The first kappa shape index (κ1) is 12.2. The number of nitrogens with one attached hydrogen (secondary N) is 1. The van der Waals surface area contributed by atoms with E-state index in [1.54, 1.807) is 7.05 Å². The number of rotatable bonds is 3. The third-order valence-corrected chi connectivity index (χ3v) is 2.80. The minimum absolute atomic E-state index is 0.207. The zero-order valence-corrected chi connectivity index (χ0v) is 10.5. The van der Waals surface area contributed by atoms with Crippen molar-refractivity contribution < 1.29 is 4.79 Å². The average molecular weight is 244 g/mol. The van der Waals surface area contributed by atoms with Crippen LogP contribution in [0.3, 0.4) is 0 Å². The Bertz CT molecular complexity index is 557. The Morgan fingerprint density at radius 2 is 2.06 bits per heavy atom. The topological polar surface area (TPSA) is 72.9 Å². The molecular weight excluding hydrogens is 228 g/mol. The van der Waals surface area contributed by atoms with E-state index in [0.29, 0.717) is 17.9 Å². The lowest BCUT2D eigenvalue weighted by atomic mass is 10.1. The lowest BCUT2D eigenvalue weighted by Gasteiger charge is -2.05. The van der Waals surface area contributed by atoms with Gasteiger partial charge in [-0.25, -0.2) is 0 Å². The van der Waals surface area contributed by atoms with Crippen molar-refractivity contribution in [1.29, 1.82) is 0 Å². The normalized spacial score (nSPS) is 10.3. The SMILES string of the molecule is Cc1ccc(CNC(=O)c2cnn(C)c2N)cc1. The zero-order valence-electron chi connectivity index (χ0n) is 10.5. The van der Waals surface area contributed by atoms with Crippen LogP contribution in [0.5, 0.6) is 0 Å². The standard InChI is InChI=1S/C13H16N4O/c1-9-3-5-10(6-4-9)7-15-13(18)11-8-16-17(2)12(11)14/h3-6,8H,7,14H2,1-2H3,(H,15,18). The van der Waals surface area contributed by atoms with E-state index in [0.717, 1.165) is 5.56 Å². The van der Waals surface area contributed by atoms with Crippen LogP contribution in [-0.4, -0.2) is 15.7 Å². The molecule has 0 saturated heterocycles. The number of hydrogen-bond donors (Lipinski definition) is 2. The van der Waals surface area contributed by atoms with E-state index in [1.165, 1.54) is 16.4 Å². The largest absolute Gasteiger partial charge is 0.383 e. The van der Waals surface area contributed by atoms with Gasteiger partial charge >= 0.3 is 0 Å². The summed E-state index contributed by atoms with van der Waals surface area (Å²) < 4.78 is 1.47. The summed E-state index contributed by atoms with van der Waals surface area (Å²) in [5.74, 6) is 0.164. The fourth-order valence-electron chi connectivity index (χ4n) is 1.61. The summed E-state index contributed by atoms with van der Waals surface area (Å²) in [6, 6.07) is 8.00. The van der Waals surface area contributed by atoms with Crippen LogP contribution >= 0.6 is 0 Å². The van der Waals surface area contributed by atoms with E-state index in [-0.39, 0.29) is 5.91 Å². The monoisotopic (exact) mass is 244 g/mol. The van der Waals surface area contributed by atoms with Crippen LogP contribution < -0.4 is 11.1 Å². The van der Waals surface area contributed by atoms with E-state index in [1.807, 2.05) is 31.2 Å². The van der Waals surface area contributed by atoms with Gasteiger partial charge in [0.05, 0.1) is 6.20 Å². The Morgan fingerprint density at radius 3 is 2.61 bits per heavy atom. The second-order valence-electron chi connectivity index (χ2n) is 4.24. The highest BCUT2D eigenvalue weighted by Gasteiger charge is 2.12. The Kier molecular flexibility index (Phi) is 3.32. The smallest absolute Gasteiger partial charge is 0.256 e. The summed E-state index contributed by atoms with van der Waals surface area (Å²) in [5, 5.41) is 6.75. The number of aromatic nitrogens is 2. The molecule has 1 amide bonds. The second-order valence-corrected chi connectivity index (χ2v) is 4.24. The molecule has 1 aromatic carbocycles. The lowest BCUT2D eigenvalue weighted by molar-refractivity contribution is 0.0952. The van der Waals surface area contributed by atoms with E-state index in [4.69, 9.17) is 5.73 Å². The summed E-state index contributed by atoms with van der Waals surface area (Å²) in [6.07, 6.45) is 1.47. The number of benzene rings is 1. The fraction of sp³-hybridized carbons (Fsp3) is 0.231. The number of carbonyl (C=O) groups is 1. The van der Waals surface area contributed by atoms with Crippen molar-refractivity contribution in [3.63, 3.8) is 0 Å². The highest BCUT2D eigenvalue weighted by atomic mass is 16.1. The van der Waals surface area contributed by atoms with Crippen LogP contribution in [0.15, 0.2) is 30.5 Å². The van der Waals surface area contributed by atoms with Crippen LogP contribution in [0.1, 0.15) is 21.5 Å². The highest BCUT2D eigenvalue weighted by molar-refractivity contribution is 5.98. The molecule has 0 aliphatic heterocycles. The molecule has 2 aromatic rings. The van der Waals surface area contributed by atoms with Gasteiger partial charge in [0.1, 0.15) is 11.4 Å². The minimum atomic E-state index is -0.207. The van der Waals surface area contributed by atoms with E-state index < -0.39 is 0 Å². The number of amides is 1. The van der Waals surface area contributed by atoms with Crippen molar-refractivity contribution in [1.82, 2.24) is 15.1 Å². The molecule has 5 heteroatoms. The molecule has 0 aliphatic carbocycles. The minimum Gasteiger partial charge on any atom is -0.383 e. The van der Waals surface area contributed by atoms with Crippen molar-refractivity contribution in [2.24, 2.45) is 7.05 Å². The molecule has 0 fully saturated rings. The van der Waals surface area contributed by atoms with Gasteiger partial charge < -0.3 is 11.1 Å². The first-order valence-corrected chi connectivity index (χ1v) is 5.69. The zero-order chi connectivity index (χ0) is 13.1. The first-order valence-electron chi connectivity index (χ1n) is 5.69. The predicted octanol–water partition coefficient (Wildman–Crippen LogP) is 1.24. The van der Waals surface area contributed by atoms with Crippen molar-refractivity contribution in [2.45, 2.75) is 13.5 Å². The molecule has 0 atom stereocenters. The van der Waals surface area contributed by atoms with Gasteiger partial charge in [-0.1, -0.05) is 29.8 Å². The molecule has 0 aliphatic rings. The fourth-order valence-corrected chi connectivity index (χ4v) is 1.61. The van der Waals surface area contributed by atoms with Gasteiger partial charge in [0.25, 0.3) is 5.91 Å². The number of nitrogen functional groups attached to an aromatic ring is 1. The van der Waals surface area contributed by atoms with Crippen molar-refractivity contribution in [2.75, 3.05) is 5.73 Å². The van der Waals surface area contributed by atoms with Gasteiger partial charge in [-0.05, 0) is 12.5 Å². The molecule has 1 heterocycles. The van der Waals surface area contributed by atoms with Crippen LogP contribution in [0.4, 0.5) is 5.82 Å². The molecule has 0 saturated carbocycles. The molecule has 2 rings (SSSR count). The van der Waals surface area contributed by atoms with Gasteiger partial charge in [-0.2, -0.15) is 5.10 Å². The highest BCUT2D eigenvalue weighted by Crippen LogP contribution is 2.09. The Labute approximate surface area is 106 Å². The molecular formula is C13H16N4O. The lowest BCUT2D eigenvalue weighted by Crippen LogP contribution is -2.23. The van der Waals surface area contributed by atoms with Crippen molar-refractivity contribution in [3.05, 3.63) is 47.2 Å². The molecule has 0 bridgehead atoms. The third-order valence-electron chi connectivity index (χ3n) is 2.80. The number of carbonyl (C=O) groups excluding carboxylic acids is 1. The molecule has 0 radical (unpaired) electrons. The quantitative estimate of drug-likeness (QED) is 0.853. The van der Waals surface area contributed by atoms with Gasteiger partial charge in [-0.15, -0.1) is 0 Å². The summed E-state index contributed by atoms with van der Waals surface area (Å²) in [7, 11) is 1.70. The number of aryl methyl sites for hydroxylation is 2. The Morgan fingerprint density at radius 1 is 1.39 bits per heavy atom. The Balaban J connectivity index is 2.00. The molecule has 94 valence electrons. The summed E-state index contributed by atoms with van der Waals surface area (Å²) in [5.41, 5.74) is 8.39. The van der Waals surface area contributed by atoms with Gasteiger partial charge in [0.15, 0.2) is 0 Å². The molecule has 0 spiro atoms. The predicted molar refractivity (Wildman–Crippen MR) is 70.0 cm³/mol. The summed E-state index contributed by atoms with van der Waals surface area (Å²) in [4.78, 5) is 11.9. The van der Waals surface area contributed by atoms with Gasteiger partial charge in [0, 0.05) is 13.6 Å². The molecule has 1 aromatic heterocycles. The van der Waals surface area contributed by atoms with Gasteiger partial charge in [-0.3, -0.25) is 9.48 Å². The number of nitrogens with two attached hydrogens (primary N) is 1. The van der Waals surface area contributed by atoms with Crippen LogP contribution in [0.25, 0.3) is 0 Å². The maximum atomic E-state index is 11.9. The number of hydrogen-bond acceptors (Lipinski definition) is 3. The maximum absolute atomic E-state index is 11.9. The molecule has 0 unspecified atom stereocenters. The third kappa shape index (κ3) is 2.51. The number of nitrogens with zero attached hydrogens (tertiary/aromatic N) is 2. The van der Waals surface area contributed by atoms with E-state index in [2.05, 4.69) is 10.4 Å². The average Bonchev–Trinajstić information content (AvgIpc) is 2.69. The summed E-state index contributed by atoms with van der Waals surface area (Å²) >= 11 is 0. The summed E-state index contributed by atoms with van der Waals surface area (Å²) in [6.45, 7) is 2.51. The van der Waals surface area contributed by atoms with E-state index >= 15 is 0 Å². The molecule has 5 nitrogen and oxygen atoms in total. The van der Waals surface area contributed by atoms with Crippen LogP contribution in [0, 0.1) is 6.92 Å². The van der Waals surface area contributed by atoms with Crippen LogP contribution in [-0.2, 0) is 13.6 Å². The maximum Gasteiger partial charge on any atom is 0.256 e. The molecule has 3 N–H and O–H groups in total. The van der Waals surface area contributed by atoms with E-state index in [9.17, 15) is 4.79 Å². The Hall–Kier alpha value is -2.30. The van der Waals surface area contributed by atoms with Crippen molar-refractivity contribution in [3.8, 4) is 0 Å². The first-order chi connectivity index (χ1) is 8.58. The second kappa shape index (κ2) is 4.91. The number of anilines is 1. The molecule has 18 heavy (non-hydrogen) atoms.